The van der Waals surface area contributed by atoms with Crippen molar-refractivity contribution in [3.63, 3.8) is 0 Å². The minimum absolute atomic E-state index is 0.314. The number of benzene rings is 1. The number of fused-ring (bicyclic) bond motifs is 1. The molecule has 2 atom stereocenters. The highest BCUT2D eigenvalue weighted by Gasteiger charge is 2.44. The Morgan fingerprint density at radius 2 is 1.72 bits per heavy atom. The van der Waals surface area contributed by atoms with Crippen LogP contribution in [0.1, 0.15) is 41.4 Å². The molecule has 6 rings (SSSR count). The molecule has 8 heteroatoms. The van der Waals surface area contributed by atoms with Gasteiger partial charge in [0.25, 0.3) is 0 Å². The minimum atomic E-state index is 0.314. The summed E-state index contributed by atoms with van der Waals surface area (Å²) in [5.41, 5.74) is 3.97. The van der Waals surface area contributed by atoms with Crippen molar-refractivity contribution >= 4 is 11.0 Å². The van der Waals surface area contributed by atoms with E-state index >= 15 is 0 Å². The topological polar surface area (TPSA) is 87.2 Å². The van der Waals surface area contributed by atoms with Crippen molar-refractivity contribution in [1.29, 1.82) is 0 Å². The van der Waals surface area contributed by atoms with E-state index in [4.69, 9.17) is 9.97 Å². The zero-order valence-electron chi connectivity index (χ0n) is 18.1. The molecular weight excluding hydrogens is 400 g/mol. The zero-order chi connectivity index (χ0) is 21.8. The molecule has 0 amide bonds. The first-order chi connectivity index (χ1) is 15.6. The number of rotatable bonds is 4. The summed E-state index contributed by atoms with van der Waals surface area (Å²) >= 11 is 0. The van der Waals surface area contributed by atoms with Crippen LogP contribution in [0.3, 0.4) is 0 Å². The summed E-state index contributed by atoms with van der Waals surface area (Å²) in [5.74, 6) is 4.55. The van der Waals surface area contributed by atoms with Gasteiger partial charge in [-0.15, -0.1) is 5.10 Å². The Bertz CT molecular complexity index is 1450. The standard InChI is InChI=1S/C24H22N8/c1-14-26-20(16-12-17(16)23-29-18-8-4-5-10-21(18)31(23)3)13-22(27-14)32-24(28-15(2)30-32)19-9-6-7-11-25-19/h4-11,13,16-17H,12H2,1-3H3. The van der Waals surface area contributed by atoms with Crippen molar-refractivity contribution in [3.8, 4) is 17.3 Å². The second-order valence-corrected chi connectivity index (χ2v) is 8.27. The van der Waals surface area contributed by atoms with E-state index in [0.717, 1.165) is 34.7 Å². The molecule has 158 valence electrons. The van der Waals surface area contributed by atoms with E-state index in [-0.39, 0.29) is 0 Å². The van der Waals surface area contributed by atoms with Gasteiger partial charge in [0.15, 0.2) is 11.6 Å². The Morgan fingerprint density at radius 1 is 0.875 bits per heavy atom. The quantitative estimate of drug-likeness (QED) is 0.437. The third kappa shape index (κ3) is 3.07. The van der Waals surface area contributed by atoms with Crippen LogP contribution in [0.15, 0.2) is 54.7 Å². The lowest BCUT2D eigenvalue weighted by atomic mass is 10.2. The number of imidazole rings is 1. The van der Waals surface area contributed by atoms with Gasteiger partial charge in [0.05, 0.1) is 16.7 Å². The molecule has 1 aromatic carbocycles. The summed E-state index contributed by atoms with van der Waals surface area (Å²) in [6.45, 7) is 3.80. The van der Waals surface area contributed by atoms with Gasteiger partial charge in [0.2, 0.25) is 0 Å². The number of aromatic nitrogens is 8. The van der Waals surface area contributed by atoms with Gasteiger partial charge in [-0.1, -0.05) is 18.2 Å². The summed E-state index contributed by atoms with van der Waals surface area (Å²) in [6, 6.07) is 16.0. The number of hydrogen-bond donors (Lipinski definition) is 0. The van der Waals surface area contributed by atoms with Gasteiger partial charge < -0.3 is 4.57 Å². The van der Waals surface area contributed by atoms with Gasteiger partial charge in [-0.05, 0) is 44.5 Å². The van der Waals surface area contributed by atoms with Crippen LogP contribution in [0, 0.1) is 13.8 Å². The normalized spacial score (nSPS) is 17.7. The third-order valence-electron chi connectivity index (χ3n) is 5.99. The monoisotopic (exact) mass is 422 g/mol. The van der Waals surface area contributed by atoms with Crippen molar-refractivity contribution in [3.05, 3.63) is 77.9 Å². The highest BCUT2D eigenvalue weighted by Crippen LogP contribution is 2.54. The van der Waals surface area contributed by atoms with Gasteiger partial charge >= 0.3 is 0 Å². The molecule has 4 aromatic heterocycles. The van der Waals surface area contributed by atoms with Gasteiger partial charge in [-0.2, -0.15) is 4.68 Å². The number of aryl methyl sites for hydroxylation is 3. The van der Waals surface area contributed by atoms with E-state index in [2.05, 4.69) is 49.9 Å². The number of para-hydroxylation sites is 2. The molecule has 5 aromatic rings. The van der Waals surface area contributed by atoms with Crippen molar-refractivity contribution in [1.82, 2.24) is 39.3 Å². The fourth-order valence-electron chi connectivity index (χ4n) is 4.41. The van der Waals surface area contributed by atoms with Crippen molar-refractivity contribution in [2.45, 2.75) is 32.1 Å². The van der Waals surface area contributed by atoms with Crippen molar-refractivity contribution in [2.75, 3.05) is 0 Å². The van der Waals surface area contributed by atoms with E-state index < -0.39 is 0 Å². The Labute approximate surface area is 185 Å². The second kappa shape index (κ2) is 7.05. The summed E-state index contributed by atoms with van der Waals surface area (Å²) in [4.78, 5) is 23.4. The van der Waals surface area contributed by atoms with E-state index in [9.17, 15) is 0 Å². The Hall–Kier alpha value is -3.94. The van der Waals surface area contributed by atoms with Crippen LogP contribution >= 0.6 is 0 Å². The van der Waals surface area contributed by atoms with Gasteiger partial charge in [0, 0.05) is 31.1 Å². The Kier molecular flexibility index (Phi) is 4.14. The van der Waals surface area contributed by atoms with Crippen LogP contribution in [0.4, 0.5) is 0 Å². The molecule has 8 nitrogen and oxygen atoms in total. The molecule has 4 heterocycles. The molecule has 0 radical (unpaired) electrons. The van der Waals surface area contributed by atoms with Crippen molar-refractivity contribution in [2.24, 2.45) is 7.05 Å². The van der Waals surface area contributed by atoms with Gasteiger partial charge in [-0.3, -0.25) is 4.98 Å². The number of hydrogen-bond acceptors (Lipinski definition) is 6. The second-order valence-electron chi connectivity index (χ2n) is 8.27. The highest BCUT2D eigenvalue weighted by molar-refractivity contribution is 5.76. The van der Waals surface area contributed by atoms with Crippen LogP contribution in [0.25, 0.3) is 28.4 Å². The average molecular weight is 422 g/mol. The lowest BCUT2D eigenvalue weighted by molar-refractivity contribution is 0.781. The molecule has 2 unspecified atom stereocenters. The largest absolute Gasteiger partial charge is 0.331 e. The highest BCUT2D eigenvalue weighted by atomic mass is 15.4. The molecule has 32 heavy (non-hydrogen) atoms. The predicted octanol–water partition coefficient (Wildman–Crippen LogP) is 3.89. The van der Waals surface area contributed by atoms with Gasteiger partial charge in [0.1, 0.15) is 23.2 Å². The maximum absolute atomic E-state index is 4.89. The molecule has 1 fully saturated rings. The van der Waals surface area contributed by atoms with E-state index in [1.54, 1.807) is 10.9 Å². The summed E-state index contributed by atoms with van der Waals surface area (Å²) in [6.07, 6.45) is 2.78. The first-order valence-electron chi connectivity index (χ1n) is 10.7. The first-order valence-corrected chi connectivity index (χ1v) is 10.7. The van der Waals surface area contributed by atoms with E-state index in [1.165, 1.54) is 0 Å². The molecule has 1 aliphatic rings. The van der Waals surface area contributed by atoms with Crippen molar-refractivity contribution < 1.29 is 0 Å². The Balaban J connectivity index is 1.38. The SMILES string of the molecule is Cc1nc(C2CC2c2nc3ccccc3n2C)cc(-n2nc(C)nc2-c2ccccn2)n1. The molecule has 0 bridgehead atoms. The van der Waals surface area contributed by atoms with Crippen LogP contribution in [0.2, 0.25) is 0 Å². The van der Waals surface area contributed by atoms with Crippen LogP contribution < -0.4 is 0 Å². The maximum Gasteiger partial charge on any atom is 0.183 e. The molecule has 0 N–H and O–H groups in total. The summed E-state index contributed by atoms with van der Waals surface area (Å²) in [5, 5.41) is 4.60. The molecule has 0 aliphatic heterocycles. The maximum atomic E-state index is 4.89. The Morgan fingerprint density at radius 3 is 2.53 bits per heavy atom. The zero-order valence-corrected chi connectivity index (χ0v) is 18.1. The molecule has 1 saturated carbocycles. The smallest absolute Gasteiger partial charge is 0.183 e. The van der Waals surface area contributed by atoms with E-state index in [1.807, 2.05) is 44.2 Å². The average Bonchev–Trinajstić information content (AvgIpc) is 3.40. The summed E-state index contributed by atoms with van der Waals surface area (Å²) in [7, 11) is 2.09. The lowest BCUT2D eigenvalue weighted by Gasteiger charge is -2.08. The molecule has 0 saturated heterocycles. The van der Waals surface area contributed by atoms with Crippen LogP contribution in [0.5, 0.6) is 0 Å². The van der Waals surface area contributed by atoms with Crippen LogP contribution in [-0.4, -0.2) is 39.3 Å². The van der Waals surface area contributed by atoms with Gasteiger partial charge in [-0.25, -0.2) is 19.9 Å². The summed E-state index contributed by atoms with van der Waals surface area (Å²) < 4.78 is 3.97. The molecular formula is C24H22N8. The number of pyridine rings is 1. The molecule has 1 aliphatic carbocycles. The van der Waals surface area contributed by atoms with E-state index in [0.29, 0.717) is 35.1 Å². The minimum Gasteiger partial charge on any atom is -0.331 e. The fraction of sp³-hybridized carbons (Fsp3) is 0.250. The third-order valence-corrected chi connectivity index (χ3v) is 5.99. The van der Waals surface area contributed by atoms with Crippen LogP contribution in [-0.2, 0) is 7.05 Å². The first kappa shape index (κ1) is 18.8. The number of nitrogens with zero attached hydrogens (tertiary/aromatic N) is 8. The molecule has 0 spiro atoms. The fourth-order valence-corrected chi connectivity index (χ4v) is 4.41. The predicted molar refractivity (Wildman–Crippen MR) is 120 cm³/mol. The lowest BCUT2D eigenvalue weighted by Crippen LogP contribution is -2.07.